The van der Waals surface area contributed by atoms with E-state index in [2.05, 4.69) is 10.0 Å². The Hall–Kier alpha value is -1.64. The van der Waals surface area contributed by atoms with Crippen molar-refractivity contribution < 1.29 is 18.3 Å². The molecular weight excluding hydrogens is 282 g/mol. The smallest absolute Gasteiger partial charge is 0.248 e. The van der Waals surface area contributed by atoms with Crippen molar-refractivity contribution in [1.82, 2.24) is 4.72 Å². The zero-order chi connectivity index (χ0) is 14.8. The summed E-state index contributed by atoms with van der Waals surface area (Å²) in [5.41, 5.74) is 5.26. The Morgan fingerprint density at radius 2 is 2.05 bits per heavy atom. The minimum absolute atomic E-state index is 0.00395. The molecule has 1 aliphatic rings. The molecule has 0 heterocycles. The molecule has 7 nitrogen and oxygen atoms in total. The molecule has 5 N–H and O–H groups in total. The molecule has 110 valence electrons. The van der Waals surface area contributed by atoms with Gasteiger partial charge in [0.05, 0.1) is 5.69 Å². The molecule has 20 heavy (non-hydrogen) atoms. The van der Waals surface area contributed by atoms with Crippen LogP contribution in [0.3, 0.4) is 0 Å². The first-order valence-electron chi connectivity index (χ1n) is 6.23. The summed E-state index contributed by atoms with van der Waals surface area (Å²) in [4.78, 5) is 10.8. The highest BCUT2D eigenvalue weighted by Gasteiger charge is 2.29. The van der Waals surface area contributed by atoms with Crippen LogP contribution in [0.15, 0.2) is 29.2 Å². The summed E-state index contributed by atoms with van der Waals surface area (Å²) in [6.07, 6.45) is 0.312. The van der Waals surface area contributed by atoms with E-state index >= 15 is 0 Å². The van der Waals surface area contributed by atoms with E-state index in [9.17, 15) is 18.3 Å². The predicted octanol–water partition coefficient (Wildman–Crippen LogP) is -0.615. The molecule has 1 atom stereocenters. The molecule has 0 bridgehead atoms. The number of sulfonamides is 1. The first-order valence-corrected chi connectivity index (χ1v) is 7.71. The number of nitrogens with two attached hydrogens (primary N) is 1. The number of aliphatic hydroxyl groups excluding tert-OH is 1. The number of primary amides is 1. The third kappa shape index (κ3) is 3.69. The van der Waals surface area contributed by atoms with Crippen LogP contribution in [0.2, 0.25) is 0 Å². The quantitative estimate of drug-likeness (QED) is 0.535. The number of hydrogen-bond acceptors (Lipinski definition) is 5. The zero-order valence-corrected chi connectivity index (χ0v) is 11.6. The molecule has 0 spiro atoms. The number of rotatable bonds is 7. The minimum Gasteiger partial charge on any atom is -0.381 e. The van der Waals surface area contributed by atoms with Crippen molar-refractivity contribution in [1.29, 1.82) is 0 Å². The minimum atomic E-state index is -3.61. The van der Waals surface area contributed by atoms with E-state index in [0.717, 1.165) is 12.8 Å². The number of aliphatic hydroxyl groups is 1. The number of hydrogen-bond donors (Lipinski definition) is 4. The van der Waals surface area contributed by atoms with Gasteiger partial charge >= 0.3 is 0 Å². The van der Waals surface area contributed by atoms with Gasteiger partial charge in [-0.15, -0.1) is 0 Å². The fraction of sp³-hybridized carbons (Fsp3) is 0.417. The molecule has 1 aromatic rings. The molecule has 0 aliphatic heterocycles. The Morgan fingerprint density at radius 3 is 2.65 bits per heavy atom. The molecule has 0 radical (unpaired) electrons. The van der Waals surface area contributed by atoms with Crippen molar-refractivity contribution in [3.63, 3.8) is 0 Å². The maximum absolute atomic E-state index is 12.2. The van der Waals surface area contributed by atoms with Gasteiger partial charge in [-0.1, -0.05) is 12.1 Å². The Labute approximate surface area is 117 Å². The van der Waals surface area contributed by atoms with E-state index in [1.807, 2.05) is 0 Å². The highest BCUT2D eigenvalue weighted by atomic mass is 32.2. The highest BCUT2D eigenvalue weighted by molar-refractivity contribution is 7.89. The van der Waals surface area contributed by atoms with E-state index in [1.165, 1.54) is 6.07 Å². The Balaban J connectivity index is 2.15. The van der Waals surface area contributed by atoms with Gasteiger partial charge in [0.1, 0.15) is 11.0 Å². The summed E-state index contributed by atoms with van der Waals surface area (Å²) in [5, 5.41) is 12.1. The average molecular weight is 299 g/mol. The fourth-order valence-corrected chi connectivity index (χ4v) is 3.13. The van der Waals surface area contributed by atoms with Crippen molar-refractivity contribution in [3.8, 4) is 0 Å². The Bertz CT molecular complexity index is 598. The lowest BCUT2D eigenvalue weighted by Gasteiger charge is -2.14. The van der Waals surface area contributed by atoms with Crippen LogP contribution in [0, 0.1) is 0 Å². The number of benzene rings is 1. The van der Waals surface area contributed by atoms with Crippen molar-refractivity contribution >= 4 is 21.6 Å². The maximum atomic E-state index is 12.2. The molecule has 1 aromatic carbocycles. The molecular formula is C12H17N3O4S. The van der Waals surface area contributed by atoms with Gasteiger partial charge in [0, 0.05) is 12.6 Å². The molecule has 1 fully saturated rings. The number of carbonyl (C=O) groups is 1. The van der Waals surface area contributed by atoms with Crippen LogP contribution in [-0.2, 0) is 14.8 Å². The summed E-state index contributed by atoms with van der Waals surface area (Å²) in [6, 6.07) is 6.30. The van der Waals surface area contributed by atoms with Gasteiger partial charge < -0.3 is 16.2 Å². The van der Waals surface area contributed by atoms with Crippen molar-refractivity contribution in [2.45, 2.75) is 29.9 Å². The normalized spacial score (nSPS) is 16.6. The Kier molecular flexibility index (Phi) is 4.26. The number of carbonyl (C=O) groups excluding carboxylic acids is 1. The molecule has 8 heteroatoms. The molecule has 0 saturated heterocycles. The monoisotopic (exact) mass is 299 g/mol. The van der Waals surface area contributed by atoms with Crippen LogP contribution in [0.4, 0.5) is 5.69 Å². The first kappa shape index (κ1) is 14.8. The standard InChI is InChI=1S/C12H17N3O4S/c13-12(17)10(16)7-14-9-3-1-2-4-11(9)20(18,19)15-8-5-6-8/h1-4,8,10,14-16H,5-7H2,(H2,13,17). The fourth-order valence-electron chi connectivity index (χ4n) is 1.64. The Morgan fingerprint density at radius 1 is 1.40 bits per heavy atom. The third-order valence-electron chi connectivity index (χ3n) is 2.89. The lowest BCUT2D eigenvalue weighted by Crippen LogP contribution is -2.34. The van der Waals surface area contributed by atoms with Crippen LogP contribution < -0.4 is 15.8 Å². The predicted molar refractivity (Wildman–Crippen MR) is 73.5 cm³/mol. The van der Waals surface area contributed by atoms with Crippen LogP contribution >= 0.6 is 0 Å². The molecule has 1 amide bonds. The maximum Gasteiger partial charge on any atom is 0.248 e. The van der Waals surface area contributed by atoms with Gasteiger partial charge in [-0.2, -0.15) is 0 Å². The van der Waals surface area contributed by atoms with Crippen LogP contribution in [-0.4, -0.2) is 38.1 Å². The van der Waals surface area contributed by atoms with E-state index in [-0.39, 0.29) is 17.5 Å². The lowest BCUT2D eigenvalue weighted by molar-refractivity contribution is -0.125. The first-order chi connectivity index (χ1) is 9.40. The molecule has 1 aliphatic carbocycles. The van der Waals surface area contributed by atoms with Gasteiger partial charge in [-0.05, 0) is 25.0 Å². The molecule has 0 aromatic heterocycles. The zero-order valence-electron chi connectivity index (χ0n) is 10.7. The SMILES string of the molecule is NC(=O)C(O)CNc1ccccc1S(=O)(=O)NC1CC1. The largest absolute Gasteiger partial charge is 0.381 e. The third-order valence-corrected chi connectivity index (χ3v) is 4.47. The van der Waals surface area contributed by atoms with Gasteiger partial charge in [-0.25, -0.2) is 13.1 Å². The van der Waals surface area contributed by atoms with E-state index in [1.54, 1.807) is 18.2 Å². The summed E-state index contributed by atoms with van der Waals surface area (Å²) < 4.78 is 26.9. The lowest BCUT2D eigenvalue weighted by atomic mass is 10.3. The highest BCUT2D eigenvalue weighted by Crippen LogP contribution is 2.25. The topological polar surface area (TPSA) is 122 Å². The number of para-hydroxylation sites is 1. The van der Waals surface area contributed by atoms with Crippen molar-refractivity contribution in [3.05, 3.63) is 24.3 Å². The summed E-state index contributed by atoms with van der Waals surface area (Å²) in [6.45, 7) is -0.148. The van der Waals surface area contributed by atoms with Gasteiger partial charge in [-0.3, -0.25) is 4.79 Å². The molecule has 1 unspecified atom stereocenters. The second-order valence-electron chi connectivity index (χ2n) is 4.69. The van der Waals surface area contributed by atoms with Crippen molar-refractivity contribution in [2.24, 2.45) is 5.73 Å². The second-order valence-corrected chi connectivity index (χ2v) is 6.37. The average Bonchev–Trinajstić information content (AvgIpc) is 3.19. The summed E-state index contributed by atoms with van der Waals surface area (Å²) in [5.74, 6) is -0.867. The summed E-state index contributed by atoms with van der Waals surface area (Å²) >= 11 is 0. The van der Waals surface area contributed by atoms with Crippen LogP contribution in [0.5, 0.6) is 0 Å². The molecule has 1 saturated carbocycles. The number of amides is 1. The van der Waals surface area contributed by atoms with Crippen molar-refractivity contribution in [2.75, 3.05) is 11.9 Å². The van der Waals surface area contributed by atoms with Crippen LogP contribution in [0.25, 0.3) is 0 Å². The number of anilines is 1. The van der Waals surface area contributed by atoms with Crippen LogP contribution in [0.1, 0.15) is 12.8 Å². The van der Waals surface area contributed by atoms with Gasteiger partial charge in [0.15, 0.2) is 0 Å². The molecule has 2 rings (SSSR count). The van der Waals surface area contributed by atoms with E-state index in [0.29, 0.717) is 5.69 Å². The number of nitrogens with one attached hydrogen (secondary N) is 2. The van der Waals surface area contributed by atoms with Gasteiger partial charge in [0.25, 0.3) is 0 Å². The van der Waals surface area contributed by atoms with Gasteiger partial charge in [0.2, 0.25) is 15.9 Å². The second kappa shape index (κ2) is 5.78. The van der Waals surface area contributed by atoms with E-state index < -0.39 is 22.0 Å². The van der Waals surface area contributed by atoms with E-state index in [4.69, 9.17) is 5.73 Å². The summed E-state index contributed by atoms with van der Waals surface area (Å²) in [7, 11) is -3.61.